The largest absolute Gasteiger partial charge is 0.374 e. The van der Waals surface area contributed by atoms with E-state index >= 15 is 0 Å². The van der Waals surface area contributed by atoms with Gasteiger partial charge in [0.05, 0.1) is 4.99 Å². The Balaban J connectivity index is 4.33. The van der Waals surface area contributed by atoms with Crippen molar-refractivity contribution in [1.29, 1.82) is 0 Å². The molecule has 0 heterocycles. The molecule has 0 spiro atoms. The lowest BCUT2D eigenvalue weighted by Crippen LogP contribution is -2.51. The Bertz CT molecular complexity index is 165. The number of hydrogen-bond donors (Lipinski definition) is 1. The molecular weight excluding hydrogens is 166 g/mol. The highest BCUT2D eigenvalue weighted by atomic mass is 32.1. The first-order valence-electron chi connectivity index (χ1n) is 4.51. The van der Waals surface area contributed by atoms with Crippen LogP contribution in [-0.2, 0) is 0 Å². The SMILES string of the molecule is CCC(=S)NC(C)(C)C(C)(C)C. The number of rotatable bonds is 2. The van der Waals surface area contributed by atoms with Gasteiger partial charge in [0.2, 0.25) is 0 Å². The van der Waals surface area contributed by atoms with Gasteiger partial charge in [-0.15, -0.1) is 0 Å². The fourth-order valence-electron chi connectivity index (χ4n) is 0.624. The molecule has 0 aliphatic rings. The molecule has 0 aromatic rings. The predicted molar refractivity (Wildman–Crippen MR) is 59.6 cm³/mol. The third-order valence-electron chi connectivity index (χ3n) is 2.65. The van der Waals surface area contributed by atoms with Gasteiger partial charge in [0.15, 0.2) is 0 Å². The molecule has 0 radical (unpaired) electrons. The van der Waals surface area contributed by atoms with Crippen molar-refractivity contribution < 1.29 is 0 Å². The number of hydrogen-bond acceptors (Lipinski definition) is 1. The summed E-state index contributed by atoms with van der Waals surface area (Å²) in [6, 6.07) is 0. The lowest BCUT2D eigenvalue weighted by molar-refractivity contribution is 0.205. The second-order valence-electron chi connectivity index (χ2n) is 4.78. The first kappa shape index (κ1) is 11.9. The molecule has 0 aromatic heterocycles. The van der Waals surface area contributed by atoms with Crippen LogP contribution in [0.2, 0.25) is 0 Å². The maximum Gasteiger partial charge on any atom is 0.0754 e. The molecule has 2 heteroatoms. The molecule has 0 amide bonds. The van der Waals surface area contributed by atoms with E-state index in [-0.39, 0.29) is 11.0 Å². The van der Waals surface area contributed by atoms with Gasteiger partial charge in [0.25, 0.3) is 0 Å². The minimum atomic E-state index is 0.0695. The number of nitrogens with one attached hydrogen (secondary N) is 1. The van der Waals surface area contributed by atoms with Gasteiger partial charge < -0.3 is 5.32 Å². The monoisotopic (exact) mass is 187 g/mol. The molecule has 0 aliphatic carbocycles. The van der Waals surface area contributed by atoms with Crippen molar-refractivity contribution in [2.45, 2.75) is 53.5 Å². The van der Waals surface area contributed by atoms with Gasteiger partial charge in [0, 0.05) is 5.54 Å². The van der Waals surface area contributed by atoms with E-state index in [2.05, 4.69) is 46.9 Å². The summed E-state index contributed by atoms with van der Waals surface area (Å²) in [5, 5.41) is 3.38. The lowest BCUT2D eigenvalue weighted by Gasteiger charge is -2.40. The van der Waals surface area contributed by atoms with Crippen LogP contribution in [0.1, 0.15) is 48.0 Å². The van der Waals surface area contributed by atoms with E-state index in [4.69, 9.17) is 12.2 Å². The Kier molecular flexibility index (Phi) is 3.70. The van der Waals surface area contributed by atoms with Gasteiger partial charge >= 0.3 is 0 Å². The standard InChI is InChI=1S/C10H21NS/c1-7-8(12)11-10(5,6)9(2,3)4/h7H2,1-6H3,(H,11,12). The Morgan fingerprint density at radius 1 is 1.17 bits per heavy atom. The van der Waals surface area contributed by atoms with Crippen LogP contribution in [0.25, 0.3) is 0 Å². The van der Waals surface area contributed by atoms with E-state index in [1.807, 2.05) is 0 Å². The van der Waals surface area contributed by atoms with Crippen LogP contribution >= 0.6 is 12.2 Å². The lowest BCUT2D eigenvalue weighted by atomic mass is 9.76. The second-order valence-corrected chi connectivity index (χ2v) is 5.27. The van der Waals surface area contributed by atoms with Crippen LogP contribution in [0, 0.1) is 5.41 Å². The topological polar surface area (TPSA) is 12.0 Å². The predicted octanol–water partition coefficient (Wildman–Crippen LogP) is 3.14. The van der Waals surface area contributed by atoms with Crippen molar-refractivity contribution in [2.24, 2.45) is 5.41 Å². The molecule has 0 aliphatic heterocycles. The van der Waals surface area contributed by atoms with Crippen LogP contribution in [0.15, 0.2) is 0 Å². The molecule has 72 valence electrons. The van der Waals surface area contributed by atoms with Crippen molar-refractivity contribution in [1.82, 2.24) is 5.32 Å². The first-order chi connectivity index (χ1) is 5.20. The van der Waals surface area contributed by atoms with Gasteiger partial charge in [-0.1, -0.05) is 39.9 Å². The molecule has 0 saturated carbocycles. The van der Waals surface area contributed by atoms with Crippen molar-refractivity contribution >= 4 is 17.2 Å². The molecule has 1 N–H and O–H groups in total. The maximum absolute atomic E-state index is 5.16. The zero-order valence-electron chi connectivity index (χ0n) is 9.12. The summed E-state index contributed by atoms with van der Waals surface area (Å²) in [6.07, 6.45) is 0.925. The highest BCUT2D eigenvalue weighted by molar-refractivity contribution is 7.80. The molecule has 1 nitrogen and oxygen atoms in total. The van der Waals surface area contributed by atoms with Crippen molar-refractivity contribution in [3.63, 3.8) is 0 Å². The molecule has 12 heavy (non-hydrogen) atoms. The Hall–Kier alpha value is -0.110. The molecule has 0 unspecified atom stereocenters. The smallest absolute Gasteiger partial charge is 0.0754 e. The summed E-state index contributed by atoms with van der Waals surface area (Å²) >= 11 is 5.16. The maximum atomic E-state index is 5.16. The van der Waals surface area contributed by atoms with Crippen LogP contribution in [0.5, 0.6) is 0 Å². The Morgan fingerprint density at radius 3 is 1.83 bits per heavy atom. The summed E-state index contributed by atoms with van der Waals surface area (Å²) in [5.41, 5.74) is 0.298. The summed E-state index contributed by atoms with van der Waals surface area (Å²) in [4.78, 5) is 0.954. The van der Waals surface area contributed by atoms with Gasteiger partial charge in [-0.2, -0.15) is 0 Å². The zero-order valence-corrected chi connectivity index (χ0v) is 9.93. The number of thiocarbonyl (C=S) groups is 1. The summed E-state index contributed by atoms with van der Waals surface area (Å²) in [7, 11) is 0. The minimum Gasteiger partial charge on any atom is -0.374 e. The van der Waals surface area contributed by atoms with Gasteiger partial charge in [-0.05, 0) is 25.7 Å². The summed E-state index contributed by atoms with van der Waals surface area (Å²) in [5.74, 6) is 0. The summed E-state index contributed by atoms with van der Waals surface area (Å²) in [6.45, 7) is 13.1. The van der Waals surface area contributed by atoms with Gasteiger partial charge in [0.1, 0.15) is 0 Å². The molecule has 0 atom stereocenters. The van der Waals surface area contributed by atoms with E-state index in [9.17, 15) is 0 Å². The zero-order chi connectivity index (χ0) is 9.99. The fraction of sp³-hybridized carbons (Fsp3) is 0.900. The fourth-order valence-corrected chi connectivity index (χ4v) is 0.880. The summed E-state index contributed by atoms with van der Waals surface area (Å²) < 4.78 is 0. The molecule has 0 fully saturated rings. The van der Waals surface area contributed by atoms with E-state index in [1.165, 1.54) is 0 Å². The van der Waals surface area contributed by atoms with Gasteiger partial charge in [-0.25, -0.2) is 0 Å². The van der Waals surface area contributed by atoms with E-state index in [0.29, 0.717) is 0 Å². The average Bonchev–Trinajstić information content (AvgIpc) is 1.84. The van der Waals surface area contributed by atoms with Crippen molar-refractivity contribution in [3.05, 3.63) is 0 Å². The van der Waals surface area contributed by atoms with E-state index in [1.54, 1.807) is 0 Å². The highest BCUT2D eigenvalue weighted by Gasteiger charge is 2.32. The van der Waals surface area contributed by atoms with Crippen molar-refractivity contribution in [3.8, 4) is 0 Å². The third-order valence-corrected chi connectivity index (χ3v) is 3.04. The Morgan fingerprint density at radius 2 is 1.58 bits per heavy atom. The average molecular weight is 187 g/mol. The quantitative estimate of drug-likeness (QED) is 0.667. The molecular formula is C10H21NS. The minimum absolute atomic E-state index is 0.0695. The first-order valence-corrected chi connectivity index (χ1v) is 4.92. The molecule has 0 aromatic carbocycles. The Labute approximate surface area is 81.9 Å². The molecule has 0 bridgehead atoms. The molecule has 0 saturated heterocycles. The van der Waals surface area contributed by atoms with E-state index < -0.39 is 0 Å². The van der Waals surface area contributed by atoms with Crippen LogP contribution in [-0.4, -0.2) is 10.5 Å². The second kappa shape index (κ2) is 3.73. The normalized spacial score (nSPS) is 12.8. The van der Waals surface area contributed by atoms with Crippen LogP contribution in [0.4, 0.5) is 0 Å². The van der Waals surface area contributed by atoms with Crippen molar-refractivity contribution in [2.75, 3.05) is 0 Å². The molecule has 0 rings (SSSR count). The third kappa shape index (κ3) is 3.10. The van der Waals surface area contributed by atoms with Crippen LogP contribution in [0.3, 0.4) is 0 Å². The van der Waals surface area contributed by atoms with Crippen LogP contribution < -0.4 is 5.32 Å². The van der Waals surface area contributed by atoms with Gasteiger partial charge in [-0.3, -0.25) is 0 Å². The van der Waals surface area contributed by atoms with E-state index in [0.717, 1.165) is 11.4 Å². The highest BCUT2D eigenvalue weighted by Crippen LogP contribution is 2.29.